The molecule has 2 atom stereocenters. The number of nitrogens with one attached hydrogen (secondary N) is 1. The summed E-state index contributed by atoms with van der Waals surface area (Å²) in [6, 6.07) is 7.02. The fourth-order valence-corrected chi connectivity index (χ4v) is 2.12. The smallest absolute Gasteiger partial charge is 0.497 e. The van der Waals surface area contributed by atoms with Crippen LogP contribution in [0.5, 0.6) is 5.75 Å². The van der Waals surface area contributed by atoms with Gasteiger partial charge in [-0.1, -0.05) is 19.1 Å². The quantitative estimate of drug-likeness (QED) is 0.568. The number of amides is 1. The Morgan fingerprint density at radius 2 is 1.81 bits per heavy atom. The van der Waals surface area contributed by atoms with Gasteiger partial charge in [-0.2, -0.15) is 0 Å². The Bertz CT molecular complexity index is 616. The number of rotatable bonds is 7. The zero-order chi connectivity index (χ0) is 19.7. The molecule has 0 saturated heterocycles. The van der Waals surface area contributed by atoms with Crippen LogP contribution in [0.2, 0.25) is 0 Å². The van der Waals surface area contributed by atoms with Gasteiger partial charge in [0.25, 0.3) is 0 Å². The summed E-state index contributed by atoms with van der Waals surface area (Å²) in [7, 11) is 1.58. The number of ether oxygens (including phenoxy) is 3. The average molecular weight is 363 g/mol. The highest BCUT2D eigenvalue weighted by molar-refractivity contribution is 5.92. The second-order valence-corrected chi connectivity index (χ2v) is 6.93. The van der Waals surface area contributed by atoms with Gasteiger partial charge in [0.05, 0.1) is 13.0 Å². The summed E-state index contributed by atoms with van der Waals surface area (Å²) in [6.07, 6.45) is 2.72. The number of carbonyl (C=O) groups is 2. The molecule has 1 aromatic rings. The summed E-state index contributed by atoms with van der Waals surface area (Å²) in [5, 5.41) is 2.82. The topological polar surface area (TPSA) is 73.9 Å². The molecule has 0 aliphatic rings. The van der Waals surface area contributed by atoms with Crippen LogP contribution in [0.4, 0.5) is 10.5 Å². The molecule has 0 aliphatic heterocycles. The number of hydrogen-bond donors (Lipinski definition) is 1. The summed E-state index contributed by atoms with van der Waals surface area (Å²) in [4.78, 5) is 24.5. The van der Waals surface area contributed by atoms with E-state index in [0.717, 1.165) is 0 Å². The van der Waals surface area contributed by atoms with E-state index in [1.54, 1.807) is 59.1 Å². The lowest BCUT2D eigenvalue weighted by molar-refractivity contribution is -0.123. The van der Waals surface area contributed by atoms with Crippen molar-refractivity contribution in [1.29, 1.82) is 0 Å². The van der Waals surface area contributed by atoms with Crippen LogP contribution >= 0.6 is 0 Å². The highest BCUT2D eigenvalue weighted by atomic mass is 16.7. The first-order valence-corrected chi connectivity index (χ1v) is 8.62. The van der Waals surface area contributed by atoms with Crippen molar-refractivity contribution in [2.45, 2.75) is 52.7 Å². The highest BCUT2D eigenvalue weighted by Crippen LogP contribution is 2.20. The van der Waals surface area contributed by atoms with Crippen molar-refractivity contribution < 1.29 is 23.8 Å². The molecule has 1 aromatic carbocycles. The fourth-order valence-electron chi connectivity index (χ4n) is 2.12. The summed E-state index contributed by atoms with van der Waals surface area (Å²) in [5.41, 5.74) is -0.0127. The van der Waals surface area contributed by atoms with Crippen LogP contribution < -0.4 is 10.1 Å². The Balaban J connectivity index is 2.77. The Morgan fingerprint density at radius 1 is 1.19 bits per heavy atom. The van der Waals surface area contributed by atoms with Crippen LogP contribution in [0, 0.1) is 5.92 Å². The Hall–Kier alpha value is -2.50. The lowest BCUT2D eigenvalue weighted by Gasteiger charge is -2.25. The number of hydrogen-bond acceptors (Lipinski definition) is 5. The molecule has 144 valence electrons. The monoisotopic (exact) mass is 363 g/mol. The van der Waals surface area contributed by atoms with Crippen molar-refractivity contribution in [1.82, 2.24) is 0 Å². The van der Waals surface area contributed by atoms with Gasteiger partial charge in [0.1, 0.15) is 17.5 Å². The number of methoxy groups -OCH3 is 1. The molecule has 1 amide bonds. The summed E-state index contributed by atoms with van der Waals surface area (Å²) in [6.45, 7) is 8.86. The van der Waals surface area contributed by atoms with Gasteiger partial charge in [0, 0.05) is 12.1 Å². The second kappa shape index (κ2) is 9.85. The molecule has 0 radical (unpaired) electrons. The molecule has 0 bridgehead atoms. The maximum Gasteiger partial charge on any atom is 0.509 e. The van der Waals surface area contributed by atoms with E-state index >= 15 is 0 Å². The fraction of sp³-hybridized carbons (Fsp3) is 0.500. The zero-order valence-electron chi connectivity index (χ0n) is 16.4. The van der Waals surface area contributed by atoms with Crippen molar-refractivity contribution in [2.75, 3.05) is 12.4 Å². The van der Waals surface area contributed by atoms with E-state index in [1.165, 1.54) is 0 Å². The third-order valence-corrected chi connectivity index (χ3v) is 3.57. The lowest BCUT2D eigenvalue weighted by atomic mass is 10.0. The Morgan fingerprint density at radius 3 is 2.31 bits per heavy atom. The standard InChI is InChI=1S/C20H29NO5/c1-7-8-9-17(25-19(23)26-20(3,4)5)14(2)18(22)21-15-10-12-16(24-6)13-11-15/h7-8,10-14,17H,9H2,1-6H3,(H,21,22)/b8-7+/t14-,17-/m0/s1. The van der Waals surface area contributed by atoms with Crippen LogP contribution in [0.25, 0.3) is 0 Å². The van der Waals surface area contributed by atoms with Crippen LogP contribution in [0.1, 0.15) is 41.0 Å². The minimum absolute atomic E-state index is 0.242. The molecule has 0 aliphatic carbocycles. The van der Waals surface area contributed by atoms with Gasteiger partial charge in [0.15, 0.2) is 0 Å². The molecule has 6 nitrogen and oxygen atoms in total. The molecule has 0 unspecified atom stereocenters. The van der Waals surface area contributed by atoms with Crippen molar-refractivity contribution in [3.63, 3.8) is 0 Å². The van der Waals surface area contributed by atoms with E-state index in [2.05, 4.69) is 5.32 Å². The normalized spacial score (nSPS) is 13.8. The van der Waals surface area contributed by atoms with Gasteiger partial charge in [0.2, 0.25) is 5.91 Å². The molecule has 6 heteroatoms. The molecule has 0 saturated carbocycles. The van der Waals surface area contributed by atoms with Crippen LogP contribution in [-0.4, -0.2) is 30.9 Å². The van der Waals surface area contributed by atoms with Gasteiger partial charge in [-0.25, -0.2) is 4.79 Å². The predicted octanol–water partition coefficient (Wildman–Crippen LogP) is 4.56. The van der Waals surface area contributed by atoms with Crippen molar-refractivity contribution in [3.05, 3.63) is 36.4 Å². The molecule has 26 heavy (non-hydrogen) atoms. The van der Waals surface area contributed by atoms with Crippen LogP contribution in [0.15, 0.2) is 36.4 Å². The Labute approximate surface area is 155 Å². The average Bonchev–Trinajstić information content (AvgIpc) is 2.57. The molecular formula is C20H29NO5. The summed E-state index contributed by atoms with van der Waals surface area (Å²) in [5.74, 6) is -0.0932. The first kappa shape index (κ1) is 21.5. The highest BCUT2D eigenvalue weighted by Gasteiger charge is 2.29. The number of benzene rings is 1. The van der Waals surface area contributed by atoms with Gasteiger partial charge in [-0.05, 0) is 52.0 Å². The van der Waals surface area contributed by atoms with E-state index in [0.29, 0.717) is 17.9 Å². The molecule has 0 heterocycles. The van der Waals surface area contributed by atoms with E-state index in [4.69, 9.17) is 14.2 Å². The first-order chi connectivity index (χ1) is 12.2. The van der Waals surface area contributed by atoms with Gasteiger partial charge >= 0.3 is 6.16 Å². The maximum atomic E-state index is 12.5. The van der Waals surface area contributed by atoms with Gasteiger partial charge in [-0.15, -0.1) is 0 Å². The van der Waals surface area contributed by atoms with E-state index in [-0.39, 0.29) is 5.91 Å². The third-order valence-electron chi connectivity index (χ3n) is 3.57. The minimum Gasteiger partial charge on any atom is -0.497 e. The summed E-state index contributed by atoms with van der Waals surface area (Å²) >= 11 is 0. The SMILES string of the molecule is C/C=C/C[C@H](OC(=O)OC(C)(C)C)[C@H](C)C(=O)Nc1ccc(OC)cc1. The second-order valence-electron chi connectivity index (χ2n) is 6.93. The van der Waals surface area contributed by atoms with E-state index in [9.17, 15) is 9.59 Å². The van der Waals surface area contributed by atoms with E-state index < -0.39 is 23.8 Å². The number of carbonyl (C=O) groups excluding carboxylic acids is 2. The van der Waals surface area contributed by atoms with E-state index in [1.807, 2.05) is 19.1 Å². The van der Waals surface area contributed by atoms with Gasteiger partial charge < -0.3 is 19.5 Å². The molecule has 1 N–H and O–H groups in total. The lowest BCUT2D eigenvalue weighted by Crippen LogP contribution is -2.35. The van der Waals surface area contributed by atoms with Crippen LogP contribution in [0.3, 0.4) is 0 Å². The third kappa shape index (κ3) is 7.59. The zero-order valence-corrected chi connectivity index (χ0v) is 16.4. The largest absolute Gasteiger partial charge is 0.509 e. The number of anilines is 1. The van der Waals surface area contributed by atoms with Crippen molar-refractivity contribution in [2.24, 2.45) is 5.92 Å². The van der Waals surface area contributed by atoms with Crippen molar-refractivity contribution >= 4 is 17.7 Å². The maximum absolute atomic E-state index is 12.5. The number of allylic oxidation sites excluding steroid dienone is 1. The Kier molecular flexibility index (Phi) is 8.16. The van der Waals surface area contributed by atoms with Gasteiger partial charge in [-0.3, -0.25) is 4.79 Å². The molecular weight excluding hydrogens is 334 g/mol. The predicted molar refractivity (Wildman–Crippen MR) is 101 cm³/mol. The molecule has 0 aromatic heterocycles. The first-order valence-electron chi connectivity index (χ1n) is 8.62. The molecule has 0 spiro atoms. The molecule has 0 fully saturated rings. The minimum atomic E-state index is -0.781. The summed E-state index contributed by atoms with van der Waals surface area (Å²) < 4.78 is 15.7. The molecule has 1 rings (SSSR count). The van der Waals surface area contributed by atoms with Crippen molar-refractivity contribution in [3.8, 4) is 5.75 Å². The van der Waals surface area contributed by atoms with Crippen LogP contribution in [-0.2, 0) is 14.3 Å².